The van der Waals surface area contributed by atoms with E-state index < -0.39 is 18.4 Å². The quantitative estimate of drug-likeness (QED) is 0.298. The van der Waals surface area contributed by atoms with Gasteiger partial charge in [0, 0.05) is 22.2 Å². The number of carbonyl (C=O) groups excluding carboxylic acids is 2. The first-order valence-electron chi connectivity index (χ1n) is 8.99. The molecule has 2 aromatic carbocycles. The Bertz CT molecular complexity index is 1260. The van der Waals surface area contributed by atoms with Crippen LogP contribution >= 0.6 is 23.2 Å². The lowest BCUT2D eigenvalue weighted by Gasteiger charge is -2.10. The van der Waals surface area contributed by atoms with Crippen LogP contribution in [0.4, 0.5) is 0 Å². The zero-order chi connectivity index (χ0) is 21.1. The van der Waals surface area contributed by atoms with E-state index in [-0.39, 0.29) is 10.6 Å². The molecule has 0 aliphatic rings. The van der Waals surface area contributed by atoms with Crippen molar-refractivity contribution in [3.05, 3.63) is 94.1 Å². The van der Waals surface area contributed by atoms with Gasteiger partial charge in [0.2, 0.25) is 5.78 Å². The molecule has 0 amide bonds. The van der Waals surface area contributed by atoms with E-state index in [1.807, 2.05) is 12.1 Å². The van der Waals surface area contributed by atoms with Crippen molar-refractivity contribution in [3.8, 4) is 11.4 Å². The second-order valence-corrected chi connectivity index (χ2v) is 7.25. The van der Waals surface area contributed by atoms with Gasteiger partial charge >= 0.3 is 5.97 Å². The number of ether oxygens (including phenoxy) is 1. The molecule has 0 aliphatic carbocycles. The van der Waals surface area contributed by atoms with E-state index in [0.717, 1.165) is 0 Å². The molecule has 0 bridgehead atoms. The van der Waals surface area contributed by atoms with Crippen molar-refractivity contribution in [3.63, 3.8) is 0 Å². The highest BCUT2D eigenvalue weighted by atomic mass is 35.5. The predicted molar refractivity (Wildman–Crippen MR) is 116 cm³/mol. The number of hydrogen-bond donors (Lipinski definition) is 0. The average Bonchev–Trinajstić information content (AvgIpc) is 2.78. The van der Waals surface area contributed by atoms with Crippen LogP contribution < -0.4 is 0 Å². The summed E-state index contributed by atoms with van der Waals surface area (Å²) in [5.74, 6) is -1.09. The number of pyridine rings is 2. The Morgan fingerprint density at radius 2 is 1.67 bits per heavy atom. The molecular weight excluding hydrogens is 423 g/mol. The van der Waals surface area contributed by atoms with Gasteiger partial charge in [0.25, 0.3) is 0 Å². The van der Waals surface area contributed by atoms with Crippen molar-refractivity contribution in [2.24, 2.45) is 0 Å². The highest BCUT2D eigenvalue weighted by molar-refractivity contribution is 6.36. The molecule has 7 heteroatoms. The number of Topliss-reactive ketones (excluding diaryl/α,β-unsaturated/α-hetero) is 1. The van der Waals surface area contributed by atoms with Crippen molar-refractivity contribution in [1.82, 2.24) is 9.97 Å². The van der Waals surface area contributed by atoms with Gasteiger partial charge in [-0.3, -0.25) is 9.78 Å². The zero-order valence-corrected chi connectivity index (χ0v) is 17.0. The highest BCUT2D eigenvalue weighted by Crippen LogP contribution is 2.25. The van der Waals surface area contributed by atoms with Gasteiger partial charge in [0.15, 0.2) is 6.61 Å². The van der Waals surface area contributed by atoms with E-state index in [2.05, 4.69) is 9.97 Å². The maximum absolute atomic E-state index is 12.8. The number of para-hydroxylation sites is 1. The Morgan fingerprint density at radius 3 is 2.47 bits per heavy atom. The number of carbonyl (C=O) groups is 2. The van der Waals surface area contributed by atoms with Crippen LogP contribution in [0.3, 0.4) is 0 Å². The molecular formula is C23H14Cl2N2O3. The fourth-order valence-electron chi connectivity index (χ4n) is 2.99. The van der Waals surface area contributed by atoms with Crippen molar-refractivity contribution in [2.75, 3.05) is 6.61 Å². The van der Waals surface area contributed by atoms with Gasteiger partial charge in [0.05, 0.1) is 27.5 Å². The first-order chi connectivity index (χ1) is 14.5. The second-order valence-electron chi connectivity index (χ2n) is 6.41. The molecule has 0 aliphatic heterocycles. The Kier molecular flexibility index (Phi) is 5.74. The summed E-state index contributed by atoms with van der Waals surface area (Å²) in [4.78, 5) is 34.2. The molecule has 0 spiro atoms. The molecule has 148 valence electrons. The molecule has 4 rings (SSSR count). The van der Waals surface area contributed by atoms with Gasteiger partial charge in [-0.1, -0.05) is 47.5 Å². The van der Waals surface area contributed by atoms with Crippen molar-refractivity contribution in [2.45, 2.75) is 0 Å². The molecule has 0 saturated carbocycles. The van der Waals surface area contributed by atoms with Gasteiger partial charge in [-0.05, 0) is 42.5 Å². The summed E-state index contributed by atoms with van der Waals surface area (Å²) in [7, 11) is 0. The molecule has 0 unspecified atom stereocenters. The van der Waals surface area contributed by atoms with E-state index in [1.165, 1.54) is 12.1 Å². The summed E-state index contributed by atoms with van der Waals surface area (Å²) < 4.78 is 5.30. The lowest BCUT2D eigenvalue weighted by molar-refractivity contribution is 0.0476. The Morgan fingerprint density at radius 1 is 0.867 bits per heavy atom. The van der Waals surface area contributed by atoms with Crippen LogP contribution in [-0.2, 0) is 4.74 Å². The van der Waals surface area contributed by atoms with E-state index >= 15 is 0 Å². The minimum atomic E-state index is -0.641. The van der Waals surface area contributed by atoms with Gasteiger partial charge in [-0.25, -0.2) is 9.78 Å². The largest absolute Gasteiger partial charge is 0.454 e. The number of fused-ring (bicyclic) bond motifs is 1. The molecule has 0 N–H and O–H groups in total. The highest BCUT2D eigenvalue weighted by Gasteiger charge is 2.18. The zero-order valence-electron chi connectivity index (χ0n) is 15.5. The number of nitrogens with zero attached hydrogens (tertiary/aromatic N) is 2. The fourth-order valence-corrected chi connectivity index (χ4v) is 3.38. The first-order valence-corrected chi connectivity index (χ1v) is 9.75. The van der Waals surface area contributed by atoms with Gasteiger partial charge in [-0.15, -0.1) is 0 Å². The van der Waals surface area contributed by atoms with Gasteiger partial charge in [-0.2, -0.15) is 0 Å². The Hall–Kier alpha value is -3.28. The minimum Gasteiger partial charge on any atom is -0.454 e. The molecule has 5 nitrogen and oxygen atoms in total. The topological polar surface area (TPSA) is 69.2 Å². The SMILES string of the molecule is O=C(COC(=O)c1cc(-c2ccccn2)nc2ccccc12)c1cc(Cl)ccc1Cl. The lowest BCUT2D eigenvalue weighted by Crippen LogP contribution is -2.15. The van der Waals surface area contributed by atoms with Crippen LogP contribution in [0, 0.1) is 0 Å². The van der Waals surface area contributed by atoms with Crippen LogP contribution in [0.2, 0.25) is 10.0 Å². The Labute approximate surface area is 182 Å². The van der Waals surface area contributed by atoms with Crippen LogP contribution in [0.5, 0.6) is 0 Å². The number of halogens is 2. The number of hydrogen-bond acceptors (Lipinski definition) is 5. The third kappa shape index (κ3) is 4.17. The smallest absolute Gasteiger partial charge is 0.339 e. The second kappa shape index (κ2) is 8.61. The summed E-state index contributed by atoms with van der Waals surface area (Å²) >= 11 is 12.0. The van der Waals surface area contributed by atoms with E-state index in [9.17, 15) is 9.59 Å². The van der Waals surface area contributed by atoms with E-state index in [4.69, 9.17) is 27.9 Å². The summed E-state index contributed by atoms with van der Waals surface area (Å²) in [5.41, 5.74) is 2.28. The number of aromatic nitrogens is 2. The Balaban J connectivity index is 1.64. The van der Waals surface area contributed by atoms with Crippen LogP contribution in [0.25, 0.3) is 22.3 Å². The maximum atomic E-state index is 12.8. The minimum absolute atomic E-state index is 0.200. The summed E-state index contributed by atoms with van der Waals surface area (Å²) in [6, 6.07) is 18.8. The fraction of sp³-hybridized carbons (Fsp3) is 0.0435. The summed E-state index contributed by atoms with van der Waals surface area (Å²) in [5, 5.41) is 1.23. The molecule has 2 aromatic heterocycles. The first kappa shape index (κ1) is 20.0. The third-order valence-electron chi connectivity index (χ3n) is 4.43. The molecule has 0 fully saturated rings. The van der Waals surface area contributed by atoms with Crippen molar-refractivity contribution in [1.29, 1.82) is 0 Å². The molecule has 0 atom stereocenters. The van der Waals surface area contributed by atoms with Crippen LogP contribution in [0.1, 0.15) is 20.7 Å². The van der Waals surface area contributed by atoms with Crippen molar-refractivity contribution >= 4 is 45.9 Å². The summed E-state index contributed by atoms with van der Waals surface area (Å²) in [6.07, 6.45) is 1.65. The average molecular weight is 437 g/mol. The molecule has 30 heavy (non-hydrogen) atoms. The predicted octanol–water partition coefficient (Wildman–Crippen LogP) is 5.64. The number of esters is 1. The van der Waals surface area contributed by atoms with Gasteiger partial charge in [0.1, 0.15) is 0 Å². The van der Waals surface area contributed by atoms with Crippen molar-refractivity contribution < 1.29 is 14.3 Å². The van der Waals surface area contributed by atoms with Crippen LogP contribution in [-0.4, -0.2) is 28.3 Å². The van der Waals surface area contributed by atoms with Gasteiger partial charge < -0.3 is 4.74 Å². The number of rotatable bonds is 5. The third-order valence-corrected chi connectivity index (χ3v) is 4.99. The number of ketones is 1. The monoisotopic (exact) mass is 436 g/mol. The van der Waals surface area contributed by atoms with Crippen LogP contribution in [0.15, 0.2) is 72.9 Å². The standard InChI is InChI=1S/C23H14Cl2N2O3/c24-14-8-9-18(25)17(11-14)22(28)13-30-23(29)16-12-21(20-7-3-4-10-26-20)27-19-6-2-1-5-15(16)19/h1-12H,13H2. The summed E-state index contributed by atoms with van der Waals surface area (Å²) in [6.45, 7) is -0.464. The number of benzene rings is 2. The molecule has 0 radical (unpaired) electrons. The van der Waals surface area contributed by atoms with E-state index in [0.29, 0.717) is 32.9 Å². The normalized spacial score (nSPS) is 10.7. The molecule has 2 heterocycles. The lowest BCUT2D eigenvalue weighted by atomic mass is 10.1. The van der Waals surface area contributed by atoms with E-state index in [1.54, 1.807) is 48.7 Å². The maximum Gasteiger partial charge on any atom is 0.339 e. The molecule has 0 saturated heterocycles. The molecule has 4 aromatic rings.